The van der Waals surface area contributed by atoms with Gasteiger partial charge in [-0.1, -0.05) is 55.5 Å². The molecule has 2 aliphatic carbocycles. The number of carboxylic acids is 1. The Morgan fingerprint density at radius 3 is 2.23 bits per heavy atom. The minimum absolute atomic E-state index is 0.0000202. The van der Waals surface area contributed by atoms with Crippen molar-refractivity contribution >= 4 is 18.0 Å². The Hall–Kier alpha value is -3.35. The highest BCUT2D eigenvalue weighted by atomic mass is 16.5. The van der Waals surface area contributed by atoms with Gasteiger partial charge in [0.1, 0.15) is 6.61 Å². The molecule has 2 aromatic rings. The first-order valence-corrected chi connectivity index (χ1v) is 12.6. The van der Waals surface area contributed by atoms with Crippen LogP contribution in [-0.2, 0) is 14.3 Å². The molecule has 0 radical (unpaired) electrons. The molecule has 0 bridgehead atoms. The lowest BCUT2D eigenvalue weighted by Crippen LogP contribution is -2.38. The summed E-state index contributed by atoms with van der Waals surface area (Å²) in [5, 5.41) is 11.9. The molecular weight excluding hydrogens is 444 g/mol. The van der Waals surface area contributed by atoms with E-state index in [0.29, 0.717) is 25.3 Å². The molecule has 2 aromatic carbocycles. The molecule has 0 aromatic heterocycles. The predicted octanol–water partition coefficient (Wildman–Crippen LogP) is 4.80. The van der Waals surface area contributed by atoms with Gasteiger partial charge in [-0.3, -0.25) is 9.59 Å². The zero-order valence-electron chi connectivity index (χ0n) is 20.2. The third-order valence-corrected chi connectivity index (χ3v) is 6.99. The van der Waals surface area contributed by atoms with E-state index in [2.05, 4.69) is 29.6 Å². The first-order valence-electron chi connectivity index (χ1n) is 12.6. The number of fused-ring (bicyclic) bond motifs is 3. The lowest BCUT2D eigenvalue weighted by Gasteiger charge is -2.24. The average Bonchev–Trinajstić information content (AvgIpc) is 3.63. The van der Waals surface area contributed by atoms with Gasteiger partial charge in [0.2, 0.25) is 5.91 Å². The predicted molar refractivity (Wildman–Crippen MR) is 133 cm³/mol. The molecule has 2 aliphatic rings. The third kappa shape index (κ3) is 6.41. The van der Waals surface area contributed by atoms with E-state index in [4.69, 9.17) is 9.84 Å². The fraction of sp³-hybridized carbons (Fsp3) is 0.464. The van der Waals surface area contributed by atoms with Crippen LogP contribution < -0.4 is 5.32 Å². The molecule has 0 aliphatic heterocycles. The second-order valence-corrected chi connectivity index (χ2v) is 9.54. The highest BCUT2D eigenvalue weighted by molar-refractivity contribution is 5.79. The Morgan fingerprint density at radius 2 is 1.66 bits per heavy atom. The molecule has 7 heteroatoms. The van der Waals surface area contributed by atoms with Crippen molar-refractivity contribution in [3.05, 3.63) is 59.7 Å². The number of carboxylic acid groups (broad SMARTS) is 1. The highest BCUT2D eigenvalue weighted by Gasteiger charge is 2.30. The number of alkyl carbamates (subject to hydrolysis) is 1. The van der Waals surface area contributed by atoms with Gasteiger partial charge in [-0.15, -0.1) is 0 Å². The van der Waals surface area contributed by atoms with Gasteiger partial charge in [0, 0.05) is 31.5 Å². The van der Waals surface area contributed by atoms with E-state index in [1.54, 1.807) is 4.90 Å². The summed E-state index contributed by atoms with van der Waals surface area (Å²) in [6, 6.07) is 16.2. The molecule has 7 nitrogen and oxygen atoms in total. The molecule has 0 heterocycles. The summed E-state index contributed by atoms with van der Waals surface area (Å²) in [5.41, 5.74) is 4.69. The first kappa shape index (κ1) is 24.8. The van der Waals surface area contributed by atoms with E-state index in [-0.39, 0.29) is 43.9 Å². The van der Waals surface area contributed by atoms with Gasteiger partial charge >= 0.3 is 12.1 Å². The van der Waals surface area contributed by atoms with Gasteiger partial charge in [-0.05, 0) is 53.9 Å². The van der Waals surface area contributed by atoms with Crippen LogP contribution in [0.5, 0.6) is 0 Å². The van der Waals surface area contributed by atoms with Crippen molar-refractivity contribution in [3.63, 3.8) is 0 Å². The van der Waals surface area contributed by atoms with E-state index in [9.17, 15) is 14.4 Å². The summed E-state index contributed by atoms with van der Waals surface area (Å²) >= 11 is 0. The first-order chi connectivity index (χ1) is 17.0. The quantitative estimate of drug-likeness (QED) is 0.457. The maximum Gasteiger partial charge on any atom is 0.407 e. The number of hydrogen-bond donors (Lipinski definition) is 2. The molecule has 1 unspecified atom stereocenters. The fourth-order valence-electron chi connectivity index (χ4n) is 4.80. The zero-order chi connectivity index (χ0) is 24.8. The lowest BCUT2D eigenvalue weighted by molar-refractivity contribution is -0.138. The van der Waals surface area contributed by atoms with Crippen molar-refractivity contribution in [2.24, 2.45) is 5.92 Å². The second-order valence-electron chi connectivity index (χ2n) is 9.54. The molecule has 0 spiro atoms. The highest BCUT2D eigenvalue weighted by Crippen LogP contribution is 2.44. The minimum atomic E-state index is -0.901. The van der Waals surface area contributed by atoms with Crippen LogP contribution in [0.25, 0.3) is 11.1 Å². The molecule has 1 saturated carbocycles. The van der Waals surface area contributed by atoms with Gasteiger partial charge in [0.05, 0.1) is 6.42 Å². The number of nitrogens with one attached hydrogen (secondary N) is 1. The minimum Gasteiger partial charge on any atom is -0.481 e. The Bertz CT molecular complexity index is 1020. The molecule has 1 atom stereocenters. The average molecular weight is 479 g/mol. The number of carbonyl (C=O) groups excluding carboxylic acids is 2. The van der Waals surface area contributed by atoms with Crippen LogP contribution in [0.3, 0.4) is 0 Å². The van der Waals surface area contributed by atoms with E-state index in [0.717, 1.165) is 24.0 Å². The largest absolute Gasteiger partial charge is 0.481 e. The number of amides is 2. The summed E-state index contributed by atoms with van der Waals surface area (Å²) in [4.78, 5) is 38.0. The maximum atomic E-state index is 12.7. The SMILES string of the molecule is CCC(CCC(=O)N(CCC(=O)O)CC1CC1)NC(=O)OCC1c2ccccc2-c2ccccc21. The number of nitrogens with zero attached hydrogens (tertiary/aromatic N) is 1. The molecule has 2 amide bonds. The van der Waals surface area contributed by atoms with Crippen molar-refractivity contribution in [3.8, 4) is 11.1 Å². The normalized spacial score (nSPS) is 15.1. The number of rotatable bonds is 12. The molecule has 0 saturated heterocycles. The zero-order valence-corrected chi connectivity index (χ0v) is 20.2. The Kier molecular flexibility index (Phi) is 8.06. The molecule has 4 rings (SSSR count). The van der Waals surface area contributed by atoms with Gasteiger partial charge in [-0.2, -0.15) is 0 Å². The molecule has 2 N–H and O–H groups in total. The summed E-state index contributed by atoms with van der Waals surface area (Å²) < 4.78 is 5.64. The van der Waals surface area contributed by atoms with Crippen LogP contribution >= 0.6 is 0 Å². The number of carbonyl (C=O) groups is 3. The molecule has 35 heavy (non-hydrogen) atoms. The van der Waals surface area contributed by atoms with Crippen LogP contribution in [0, 0.1) is 5.92 Å². The fourth-order valence-corrected chi connectivity index (χ4v) is 4.80. The van der Waals surface area contributed by atoms with Crippen LogP contribution in [-0.4, -0.2) is 53.7 Å². The van der Waals surface area contributed by atoms with Crippen molar-refractivity contribution in [1.29, 1.82) is 0 Å². The Labute approximate surface area is 206 Å². The van der Waals surface area contributed by atoms with Gasteiger partial charge in [0.15, 0.2) is 0 Å². The number of ether oxygens (including phenoxy) is 1. The molecule has 186 valence electrons. The topological polar surface area (TPSA) is 95.9 Å². The number of aliphatic carboxylic acids is 1. The third-order valence-electron chi connectivity index (χ3n) is 6.99. The van der Waals surface area contributed by atoms with Gasteiger partial charge < -0.3 is 20.1 Å². The van der Waals surface area contributed by atoms with Crippen LogP contribution in [0.4, 0.5) is 4.79 Å². The van der Waals surface area contributed by atoms with Crippen molar-refractivity contribution in [2.45, 2.75) is 57.4 Å². The molecular formula is C28H34N2O5. The van der Waals surface area contributed by atoms with E-state index >= 15 is 0 Å². The summed E-state index contributed by atoms with van der Waals surface area (Å²) in [6.07, 6.45) is 3.10. The van der Waals surface area contributed by atoms with Crippen LogP contribution in [0.2, 0.25) is 0 Å². The Morgan fingerprint density at radius 1 is 1.03 bits per heavy atom. The van der Waals surface area contributed by atoms with Crippen molar-refractivity contribution in [1.82, 2.24) is 10.2 Å². The van der Waals surface area contributed by atoms with Crippen LogP contribution in [0.1, 0.15) is 62.5 Å². The Balaban J connectivity index is 1.28. The smallest absolute Gasteiger partial charge is 0.407 e. The summed E-state index contributed by atoms with van der Waals surface area (Å²) in [5.74, 6) is -0.457. The van der Waals surface area contributed by atoms with Crippen molar-refractivity contribution < 1.29 is 24.2 Å². The summed E-state index contributed by atoms with van der Waals surface area (Å²) in [6.45, 7) is 3.08. The number of hydrogen-bond acceptors (Lipinski definition) is 4. The number of benzene rings is 2. The van der Waals surface area contributed by atoms with E-state index in [1.165, 1.54) is 11.1 Å². The van der Waals surface area contributed by atoms with E-state index in [1.807, 2.05) is 31.2 Å². The lowest BCUT2D eigenvalue weighted by atomic mass is 9.98. The monoisotopic (exact) mass is 478 g/mol. The van der Waals surface area contributed by atoms with Crippen molar-refractivity contribution in [2.75, 3.05) is 19.7 Å². The summed E-state index contributed by atoms with van der Waals surface area (Å²) in [7, 11) is 0. The second kappa shape index (κ2) is 11.4. The molecule has 1 fully saturated rings. The standard InChI is InChI=1S/C28H34N2O5/c1-2-20(13-14-26(31)30(16-15-27(32)33)17-19-11-12-19)29-28(34)35-18-25-23-9-5-3-7-21(23)22-8-4-6-10-24(22)25/h3-10,19-20,25H,2,11-18H2,1H3,(H,29,34)(H,32,33). The van der Waals surface area contributed by atoms with Crippen LogP contribution in [0.15, 0.2) is 48.5 Å². The van der Waals surface area contributed by atoms with E-state index < -0.39 is 12.1 Å². The van der Waals surface area contributed by atoms with Gasteiger partial charge in [-0.25, -0.2) is 4.79 Å². The van der Waals surface area contributed by atoms with Gasteiger partial charge in [0.25, 0.3) is 0 Å². The maximum absolute atomic E-state index is 12.7.